The van der Waals surface area contributed by atoms with Crippen molar-refractivity contribution >= 4 is 5.97 Å². The molecule has 3 heteroatoms. The molecule has 0 aliphatic rings. The van der Waals surface area contributed by atoms with Gasteiger partial charge in [-0.3, -0.25) is 0 Å². The van der Waals surface area contributed by atoms with Gasteiger partial charge < -0.3 is 9.47 Å². The molecule has 0 aromatic carbocycles. The number of hydrogen-bond acceptors (Lipinski definition) is 3. The fourth-order valence-electron chi connectivity index (χ4n) is 0.565. The summed E-state index contributed by atoms with van der Waals surface area (Å²) < 4.78 is 9.80. The normalized spacial score (nSPS) is 11.1. The van der Waals surface area contributed by atoms with E-state index in [0.29, 0.717) is 18.8 Å². The molecule has 0 radical (unpaired) electrons. The topological polar surface area (TPSA) is 35.5 Å². The van der Waals surface area contributed by atoms with Crippen molar-refractivity contribution in [1.82, 2.24) is 0 Å². The Morgan fingerprint density at radius 2 is 2.08 bits per heavy atom. The van der Waals surface area contributed by atoms with Crippen molar-refractivity contribution in [2.45, 2.75) is 27.2 Å². The van der Waals surface area contributed by atoms with Crippen LogP contribution in [0.4, 0.5) is 0 Å². The van der Waals surface area contributed by atoms with Gasteiger partial charge in [0.2, 0.25) is 0 Å². The molecule has 0 fully saturated rings. The van der Waals surface area contributed by atoms with E-state index in [4.69, 9.17) is 9.47 Å². The maximum absolute atomic E-state index is 11.0. The maximum Gasteiger partial charge on any atom is 0.336 e. The smallest absolute Gasteiger partial charge is 0.336 e. The fraction of sp³-hybridized carbons (Fsp3) is 0.667. The molecule has 0 N–H and O–H groups in total. The van der Waals surface area contributed by atoms with E-state index in [1.165, 1.54) is 6.26 Å². The van der Waals surface area contributed by atoms with Crippen LogP contribution in [-0.2, 0) is 14.3 Å². The zero-order chi connectivity index (χ0) is 9.40. The predicted octanol–water partition coefficient (Wildman–Crippen LogP) is 1.88. The molecule has 70 valence electrons. The Bertz CT molecular complexity index is 161. The molecule has 0 rings (SSSR count). The van der Waals surface area contributed by atoms with Crippen LogP contribution in [0.5, 0.6) is 0 Å². The van der Waals surface area contributed by atoms with Gasteiger partial charge in [0.15, 0.2) is 0 Å². The lowest BCUT2D eigenvalue weighted by Gasteiger charge is -2.02. The largest absolute Gasteiger partial charge is 0.501 e. The average Bonchev–Trinajstić information content (AvgIpc) is 2.10. The van der Waals surface area contributed by atoms with Crippen LogP contribution >= 0.6 is 0 Å². The van der Waals surface area contributed by atoms with Gasteiger partial charge in [-0.25, -0.2) is 4.79 Å². The van der Waals surface area contributed by atoms with Gasteiger partial charge in [-0.15, -0.1) is 0 Å². The summed E-state index contributed by atoms with van der Waals surface area (Å²) in [7, 11) is 0. The number of esters is 1. The summed E-state index contributed by atoms with van der Waals surface area (Å²) in [4.78, 5) is 11.0. The first-order valence-corrected chi connectivity index (χ1v) is 4.17. The monoisotopic (exact) mass is 172 g/mol. The summed E-state index contributed by atoms with van der Waals surface area (Å²) in [6.07, 6.45) is 2.27. The maximum atomic E-state index is 11.0. The lowest BCUT2D eigenvalue weighted by molar-refractivity contribution is -0.139. The summed E-state index contributed by atoms with van der Waals surface area (Å²) in [6, 6.07) is 0. The van der Waals surface area contributed by atoms with Crippen molar-refractivity contribution in [3.8, 4) is 0 Å². The molecule has 0 atom stereocenters. The van der Waals surface area contributed by atoms with E-state index >= 15 is 0 Å². The summed E-state index contributed by atoms with van der Waals surface area (Å²) in [5.41, 5.74) is 0.505. The number of carbonyl (C=O) groups excluding carboxylic acids is 1. The van der Waals surface area contributed by atoms with Crippen molar-refractivity contribution in [3.63, 3.8) is 0 Å². The Morgan fingerprint density at radius 1 is 1.42 bits per heavy atom. The summed E-state index contributed by atoms with van der Waals surface area (Å²) in [6.45, 7) is 6.53. The van der Waals surface area contributed by atoms with Crippen molar-refractivity contribution in [2.24, 2.45) is 0 Å². The highest BCUT2D eigenvalue weighted by Gasteiger charge is 2.04. The van der Waals surface area contributed by atoms with Crippen LogP contribution < -0.4 is 0 Å². The zero-order valence-electron chi connectivity index (χ0n) is 7.92. The predicted molar refractivity (Wildman–Crippen MR) is 46.6 cm³/mol. The quantitative estimate of drug-likeness (QED) is 0.361. The lowest BCUT2D eigenvalue weighted by atomic mass is 10.3. The Morgan fingerprint density at radius 3 is 2.58 bits per heavy atom. The molecule has 0 aromatic heterocycles. The SMILES string of the molecule is CCCOC(=O)C(C)=COCC. The molecular weight excluding hydrogens is 156 g/mol. The Balaban J connectivity index is 3.75. The molecule has 12 heavy (non-hydrogen) atoms. The number of hydrogen-bond donors (Lipinski definition) is 0. The van der Waals surface area contributed by atoms with E-state index in [0.717, 1.165) is 6.42 Å². The molecule has 0 saturated carbocycles. The summed E-state index contributed by atoms with van der Waals surface area (Å²) in [5, 5.41) is 0. The molecule has 0 unspecified atom stereocenters. The summed E-state index contributed by atoms with van der Waals surface area (Å²) >= 11 is 0. The van der Waals surface area contributed by atoms with Crippen LogP contribution in [0.2, 0.25) is 0 Å². The van der Waals surface area contributed by atoms with E-state index in [2.05, 4.69) is 0 Å². The van der Waals surface area contributed by atoms with Crippen LogP contribution in [0.25, 0.3) is 0 Å². The minimum atomic E-state index is -0.301. The molecule has 0 aromatic rings. The van der Waals surface area contributed by atoms with E-state index in [1.807, 2.05) is 13.8 Å². The van der Waals surface area contributed by atoms with Gasteiger partial charge in [0.25, 0.3) is 0 Å². The van der Waals surface area contributed by atoms with E-state index in [9.17, 15) is 4.79 Å². The highest BCUT2D eigenvalue weighted by molar-refractivity contribution is 5.87. The average molecular weight is 172 g/mol. The number of rotatable bonds is 5. The van der Waals surface area contributed by atoms with Crippen molar-refractivity contribution in [1.29, 1.82) is 0 Å². The first-order valence-electron chi connectivity index (χ1n) is 4.17. The lowest BCUT2D eigenvalue weighted by Crippen LogP contribution is -2.06. The Hall–Kier alpha value is -0.990. The fourth-order valence-corrected chi connectivity index (χ4v) is 0.565. The van der Waals surface area contributed by atoms with E-state index in [-0.39, 0.29) is 5.97 Å². The first kappa shape index (κ1) is 11.0. The van der Waals surface area contributed by atoms with Gasteiger partial charge in [0.05, 0.1) is 25.0 Å². The van der Waals surface area contributed by atoms with Crippen molar-refractivity contribution in [2.75, 3.05) is 13.2 Å². The zero-order valence-corrected chi connectivity index (χ0v) is 7.92. The number of ether oxygens (including phenoxy) is 2. The second-order valence-corrected chi connectivity index (χ2v) is 2.39. The van der Waals surface area contributed by atoms with Crippen LogP contribution in [0, 0.1) is 0 Å². The number of carbonyl (C=O) groups is 1. The molecular formula is C9H16O3. The molecule has 0 amide bonds. The van der Waals surface area contributed by atoms with Crippen LogP contribution in [0.15, 0.2) is 11.8 Å². The Kier molecular flexibility index (Phi) is 6.15. The van der Waals surface area contributed by atoms with Gasteiger partial charge in [0, 0.05) is 0 Å². The second kappa shape index (κ2) is 6.70. The molecule has 0 heterocycles. The third-order valence-electron chi connectivity index (χ3n) is 1.19. The van der Waals surface area contributed by atoms with Crippen LogP contribution in [0.3, 0.4) is 0 Å². The van der Waals surface area contributed by atoms with Gasteiger partial charge >= 0.3 is 5.97 Å². The van der Waals surface area contributed by atoms with Gasteiger partial charge in [-0.05, 0) is 20.3 Å². The van der Waals surface area contributed by atoms with Gasteiger partial charge in [-0.2, -0.15) is 0 Å². The van der Waals surface area contributed by atoms with Crippen molar-refractivity contribution in [3.05, 3.63) is 11.8 Å². The molecule has 0 saturated heterocycles. The van der Waals surface area contributed by atoms with Gasteiger partial charge in [-0.1, -0.05) is 6.92 Å². The third kappa shape index (κ3) is 4.77. The molecule has 3 nitrogen and oxygen atoms in total. The molecule has 0 aliphatic carbocycles. The molecule has 0 aliphatic heterocycles. The third-order valence-corrected chi connectivity index (χ3v) is 1.19. The minimum Gasteiger partial charge on any atom is -0.501 e. The standard InChI is InChI=1S/C9H16O3/c1-4-6-12-9(10)8(3)7-11-5-2/h7H,4-6H2,1-3H3. The highest BCUT2D eigenvalue weighted by atomic mass is 16.5. The van der Waals surface area contributed by atoms with E-state index in [1.54, 1.807) is 6.92 Å². The molecule has 0 bridgehead atoms. The minimum absolute atomic E-state index is 0.301. The van der Waals surface area contributed by atoms with Gasteiger partial charge in [0.1, 0.15) is 0 Å². The van der Waals surface area contributed by atoms with E-state index < -0.39 is 0 Å². The van der Waals surface area contributed by atoms with Crippen molar-refractivity contribution < 1.29 is 14.3 Å². The van der Waals surface area contributed by atoms with Crippen LogP contribution in [0.1, 0.15) is 27.2 Å². The molecule has 0 spiro atoms. The Labute approximate surface area is 73.4 Å². The summed E-state index contributed by atoms with van der Waals surface area (Å²) in [5.74, 6) is -0.301. The second-order valence-electron chi connectivity index (χ2n) is 2.39. The van der Waals surface area contributed by atoms with Crippen LogP contribution in [-0.4, -0.2) is 19.2 Å². The first-order chi connectivity index (χ1) is 5.72. The highest BCUT2D eigenvalue weighted by Crippen LogP contribution is 1.97.